The van der Waals surface area contributed by atoms with Crippen LogP contribution in [0.2, 0.25) is 0 Å². The first-order valence-electron chi connectivity index (χ1n) is 5.84. The lowest BCUT2D eigenvalue weighted by atomic mass is 9.98. The number of nitrogens with one attached hydrogen (secondary N) is 1. The van der Waals surface area contributed by atoms with Crippen LogP contribution >= 0.6 is 0 Å². The van der Waals surface area contributed by atoms with Crippen LogP contribution in [0.15, 0.2) is 18.2 Å². The smallest absolute Gasteiger partial charge is 0.331 e. The van der Waals surface area contributed by atoms with Gasteiger partial charge in [0.1, 0.15) is 5.82 Å². The zero-order valence-corrected chi connectivity index (χ0v) is 10.4. The Morgan fingerprint density at radius 2 is 2.21 bits per heavy atom. The van der Waals surface area contributed by atoms with Crippen LogP contribution in [0.4, 0.5) is 4.39 Å². The maximum atomic E-state index is 13.7. The lowest BCUT2D eigenvalue weighted by molar-refractivity contribution is -0.144. The Morgan fingerprint density at radius 1 is 1.47 bits per heavy atom. The molecule has 2 N–H and O–H groups in total. The number of carboxylic acid groups (broad SMARTS) is 1. The Balaban J connectivity index is 2.22. The SMILES string of the molecule is Cc1ccc(C(=O)NC2(C(=O)O)CCOC2)c(F)c1. The van der Waals surface area contributed by atoms with E-state index in [9.17, 15) is 19.1 Å². The largest absolute Gasteiger partial charge is 0.479 e. The highest BCUT2D eigenvalue weighted by atomic mass is 19.1. The number of aliphatic carboxylic acids is 1. The Bertz CT molecular complexity index is 523. The van der Waals surface area contributed by atoms with Crippen LogP contribution < -0.4 is 5.32 Å². The molecule has 5 nitrogen and oxygen atoms in total. The number of halogens is 1. The number of carbonyl (C=O) groups excluding carboxylic acids is 1. The van der Waals surface area contributed by atoms with Gasteiger partial charge >= 0.3 is 5.97 Å². The topological polar surface area (TPSA) is 75.6 Å². The molecule has 0 radical (unpaired) electrons. The van der Waals surface area contributed by atoms with E-state index < -0.39 is 23.2 Å². The van der Waals surface area contributed by atoms with Crippen LogP contribution in [0.3, 0.4) is 0 Å². The quantitative estimate of drug-likeness (QED) is 0.860. The van der Waals surface area contributed by atoms with Crippen LogP contribution in [0.5, 0.6) is 0 Å². The van der Waals surface area contributed by atoms with Crippen molar-refractivity contribution in [1.82, 2.24) is 5.32 Å². The van der Waals surface area contributed by atoms with Crippen molar-refractivity contribution in [1.29, 1.82) is 0 Å². The van der Waals surface area contributed by atoms with Gasteiger partial charge in [0.05, 0.1) is 12.2 Å². The molecular formula is C13H14FNO4. The zero-order valence-electron chi connectivity index (χ0n) is 10.4. The molecule has 1 atom stereocenters. The van der Waals surface area contributed by atoms with E-state index in [0.29, 0.717) is 5.56 Å². The fraction of sp³-hybridized carbons (Fsp3) is 0.385. The summed E-state index contributed by atoms with van der Waals surface area (Å²) in [4.78, 5) is 23.2. The van der Waals surface area contributed by atoms with Gasteiger partial charge < -0.3 is 15.2 Å². The van der Waals surface area contributed by atoms with Gasteiger partial charge in [0.15, 0.2) is 5.54 Å². The lowest BCUT2D eigenvalue weighted by Gasteiger charge is -2.23. The summed E-state index contributed by atoms with van der Waals surface area (Å²) >= 11 is 0. The molecule has 1 aromatic rings. The Hall–Kier alpha value is -1.95. The minimum atomic E-state index is -1.46. The van der Waals surface area contributed by atoms with Crippen LogP contribution in [-0.2, 0) is 9.53 Å². The van der Waals surface area contributed by atoms with Gasteiger partial charge in [-0.3, -0.25) is 4.79 Å². The van der Waals surface area contributed by atoms with Gasteiger partial charge in [0.25, 0.3) is 5.91 Å². The second kappa shape index (κ2) is 4.97. The van der Waals surface area contributed by atoms with Crippen molar-refractivity contribution in [2.75, 3.05) is 13.2 Å². The van der Waals surface area contributed by atoms with Gasteiger partial charge in [-0.05, 0) is 24.6 Å². The predicted octanol–water partition coefficient (Wildman–Crippen LogP) is 1.11. The first-order valence-corrected chi connectivity index (χ1v) is 5.84. The van der Waals surface area contributed by atoms with Crippen molar-refractivity contribution < 1.29 is 23.8 Å². The van der Waals surface area contributed by atoms with Gasteiger partial charge in [0, 0.05) is 13.0 Å². The molecule has 1 aliphatic rings. The number of benzene rings is 1. The number of aryl methyl sites for hydroxylation is 1. The number of hydrogen-bond donors (Lipinski definition) is 2. The molecule has 19 heavy (non-hydrogen) atoms. The van der Waals surface area contributed by atoms with Crippen molar-refractivity contribution in [2.24, 2.45) is 0 Å². The Kier molecular flexibility index (Phi) is 3.53. The van der Waals surface area contributed by atoms with E-state index in [4.69, 9.17) is 4.74 Å². The first-order chi connectivity index (χ1) is 8.94. The molecule has 1 heterocycles. The van der Waals surface area contributed by atoms with Crippen LogP contribution in [0.25, 0.3) is 0 Å². The molecule has 0 bridgehead atoms. The third-order valence-corrected chi connectivity index (χ3v) is 3.15. The number of ether oxygens (including phenoxy) is 1. The lowest BCUT2D eigenvalue weighted by Crippen LogP contribution is -2.55. The highest BCUT2D eigenvalue weighted by Gasteiger charge is 2.44. The number of carboxylic acids is 1. The standard InChI is InChI=1S/C13H14FNO4/c1-8-2-3-9(10(14)6-8)11(16)15-13(12(17)18)4-5-19-7-13/h2-3,6H,4-5,7H2,1H3,(H,15,16)(H,17,18). The highest BCUT2D eigenvalue weighted by Crippen LogP contribution is 2.20. The van der Waals surface area contributed by atoms with Crippen LogP contribution in [0, 0.1) is 12.7 Å². The van der Waals surface area contributed by atoms with Crippen molar-refractivity contribution in [2.45, 2.75) is 18.9 Å². The van der Waals surface area contributed by atoms with E-state index in [1.807, 2.05) is 0 Å². The Labute approximate surface area is 109 Å². The van der Waals surface area contributed by atoms with Gasteiger partial charge in [-0.1, -0.05) is 6.07 Å². The summed E-state index contributed by atoms with van der Waals surface area (Å²) in [7, 11) is 0. The van der Waals surface area contributed by atoms with E-state index in [-0.39, 0.29) is 25.2 Å². The second-order valence-corrected chi connectivity index (χ2v) is 4.63. The van der Waals surface area contributed by atoms with Crippen molar-refractivity contribution >= 4 is 11.9 Å². The average molecular weight is 267 g/mol. The summed E-state index contributed by atoms with van der Waals surface area (Å²) in [5, 5.41) is 11.5. The molecule has 0 saturated carbocycles. The molecule has 1 amide bonds. The van der Waals surface area contributed by atoms with Gasteiger partial charge in [0.2, 0.25) is 0 Å². The molecule has 6 heteroatoms. The molecule has 1 unspecified atom stereocenters. The molecular weight excluding hydrogens is 253 g/mol. The van der Waals surface area contributed by atoms with Gasteiger partial charge in [-0.2, -0.15) is 0 Å². The van der Waals surface area contributed by atoms with Crippen molar-refractivity contribution in [3.63, 3.8) is 0 Å². The number of rotatable bonds is 3. The molecule has 0 aromatic heterocycles. The van der Waals surface area contributed by atoms with E-state index in [0.717, 1.165) is 0 Å². The molecule has 1 fully saturated rings. The van der Waals surface area contributed by atoms with Gasteiger partial charge in [-0.15, -0.1) is 0 Å². The third kappa shape index (κ3) is 2.58. The summed E-state index contributed by atoms with van der Waals surface area (Å²) in [5.74, 6) is -2.59. The van der Waals surface area contributed by atoms with Crippen LogP contribution in [-0.4, -0.2) is 35.7 Å². The van der Waals surface area contributed by atoms with Crippen molar-refractivity contribution in [3.8, 4) is 0 Å². The van der Waals surface area contributed by atoms with Crippen LogP contribution in [0.1, 0.15) is 22.3 Å². The number of hydrogen-bond acceptors (Lipinski definition) is 3. The van der Waals surface area contributed by atoms with E-state index >= 15 is 0 Å². The summed E-state index contributed by atoms with van der Waals surface area (Å²) in [5.41, 5.74) is -0.946. The monoisotopic (exact) mass is 267 g/mol. The van der Waals surface area contributed by atoms with E-state index in [1.54, 1.807) is 13.0 Å². The molecule has 1 aromatic carbocycles. The Morgan fingerprint density at radius 3 is 2.74 bits per heavy atom. The summed E-state index contributed by atoms with van der Waals surface area (Å²) in [6.07, 6.45) is 0.168. The molecule has 1 aliphatic heterocycles. The molecule has 0 aliphatic carbocycles. The van der Waals surface area contributed by atoms with E-state index in [2.05, 4.69) is 5.32 Å². The molecule has 102 valence electrons. The minimum absolute atomic E-state index is 0.110. The number of carbonyl (C=O) groups is 2. The summed E-state index contributed by atoms with van der Waals surface area (Å²) in [6, 6.07) is 4.16. The molecule has 1 saturated heterocycles. The van der Waals surface area contributed by atoms with E-state index in [1.165, 1.54) is 12.1 Å². The van der Waals surface area contributed by atoms with Gasteiger partial charge in [-0.25, -0.2) is 9.18 Å². The summed E-state index contributed by atoms with van der Waals surface area (Å²) in [6.45, 7) is 1.85. The fourth-order valence-corrected chi connectivity index (χ4v) is 1.97. The first kappa shape index (κ1) is 13.5. The molecule has 0 spiro atoms. The third-order valence-electron chi connectivity index (χ3n) is 3.15. The predicted molar refractivity (Wildman–Crippen MR) is 64.4 cm³/mol. The average Bonchev–Trinajstić information content (AvgIpc) is 2.78. The van der Waals surface area contributed by atoms with Crippen molar-refractivity contribution in [3.05, 3.63) is 35.1 Å². The minimum Gasteiger partial charge on any atom is -0.479 e. The maximum Gasteiger partial charge on any atom is 0.331 e. The molecule has 2 rings (SSSR count). The normalized spacial score (nSPS) is 22.2. The summed E-state index contributed by atoms with van der Waals surface area (Å²) < 4.78 is 18.7. The zero-order chi connectivity index (χ0) is 14.0. The fourth-order valence-electron chi connectivity index (χ4n) is 1.97. The highest BCUT2D eigenvalue weighted by molar-refractivity contribution is 5.98. The second-order valence-electron chi connectivity index (χ2n) is 4.63. The number of amides is 1. The maximum absolute atomic E-state index is 13.7.